The van der Waals surface area contributed by atoms with E-state index in [1.807, 2.05) is 0 Å². The van der Waals surface area contributed by atoms with Crippen LogP contribution in [-0.2, 0) is 4.74 Å². The van der Waals surface area contributed by atoms with Gasteiger partial charge in [-0.15, -0.1) is 0 Å². The molecule has 1 aliphatic carbocycles. The summed E-state index contributed by atoms with van der Waals surface area (Å²) in [7, 11) is 0. The van der Waals surface area contributed by atoms with E-state index in [1.54, 1.807) is 0 Å². The highest BCUT2D eigenvalue weighted by atomic mass is 16.5. The van der Waals surface area contributed by atoms with E-state index in [4.69, 9.17) is 10.5 Å². The summed E-state index contributed by atoms with van der Waals surface area (Å²) in [5.74, 6) is 0. The SMILES string of the molecule is CCCO[C@H]1CC[C@H]1N. The molecule has 2 N–H and O–H groups in total. The van der Waals surface area contributed by atoms with Crippen molar-refractivity contribution in [3.63, 3.8) is 0 Å². The van der Waals surface area contributed by atoms with E-state index in [0.717, 1.165) is 19.4 Å². The van der Waals surface area contributed by atoms with Crippen molar-refractivity contribution in [1.29, 1.82) is 0 Å². The van der Waals surface area contributed by atoms with Crippen LogP contribution in [0.5, 0.6) is 0 Å². The van der Waals surface area contributed by atoms with Gasteiger partial charge < -0.3 is 10.5 Å². The normalized spacial score (nSPS) is 34.0. The van der Waals surface area contributed by atoms with E-state index in [2.05, 4.69) is 6.92 Å². The van der Waals surface area contributed by atoms with Crippen molar-refractivity contribution in [1.82, 2.24) is 0 Å². The fraction of sp³-hybridized carbons (Fsp3) is 1.00. The lowest BCUT2D eigenvalue weighted by Gasteiger charge is -2.33. The molecule has 0 radical (unpaired) electrons. The number of hydrogen-bond acceptors (Lipinski definition) is 2. The Labute approximate surface area is 56.4 Å². The van der Waals surface area contributed by atoms with Gasteiger partial charge in [-0.3, -0.25) is 0 Å². The zero-order valence-electron chi connectivity index (χ0n) is 5.97. The molecule has 1 saturated carbocycles. The zero-order valence-corrected chi connectivity index (χ0v) is 5.97. The Morgan fingerprint density at radius 1 is 1.56 bits per heavy atom. The first-order valence-electron chi connectivity index (χ1n) is 3.71. The first kappa shape index (κ1) is 7.03. The molecule has 54 valence electrons. The summed E-state index contributed by atoms with van der Waals surface area (Å²) >= 11 is 0. The highest BCUT2D eigenvalue weighted by Gasteiger charge is 2.27. The van der Waals surface area contributed by atoms with Gasteiger partial charge in [0, 0.05) is 12.6 Å². The third-order valence-corrected chi connectivity index (χ3v) is 1.80. The maximum Gasteiger partial charge on any atom is 0.0726 e. The molecule has 1 rings (SSSR count). The maximum atomic E-state index is 5.64. The highest BCUT2D eigenvalue weighted by Crippen LogP contribution is 2.20. The minimum Gasteiger partial charge on any atom is -0.377 e. The van der Waals surface area contributed by atoms with Crippen molar-refractivity contribution < 1.29 is 4.74 Å². The Hall–Kier alpha value is -0.0800. The smallest absolute Gasteiger partial charge is 0.0726 e. The first-order chi connectivity index (χ1) is 4.34. The van der Waals surface area contributed by atoms with Crippen LogP contribution in [0.3, 0.4) is 0 Å². The Morgan fingerprint density at radius 2 is 2.33 bits per heavy atom. The second-order valence-corrected chi connectivity index (χ2v) is 2.65. The van der Waals surface area contributed by atoms with Crippen LogP contribution in [0.15, 0.2) is 0 Å². The highest BCUT2D eigenvalue weighted by molar-refractivity contribution is 4.84. The molecule has 0 unspecified atom stereocenters. The fourth-order valence-electron chi connectivity index (χ4n) is 0.971. The zero-order chi connectivity index (χ0) is 6.69. The summed E-state index contributed by atoms with van der Waals surface area (Å²) in [6.07, 6.45) is 3.80. The number of hydrogen-bond donors (Lipinski definition) is 1. The lowest BCUT2D eigenvalue weighted by Crippen LogP contribution is -2.45. The van der Waals surface area contributed by atoms with Crippen LogP contribution in [0, 0.1) is 0 Å². The van der Waals surface area contributed by atoms with Crippen molar-refractivity contribution in [2.75, 3.05) is 6.61 Å². The maximum absolute atomic E-state index is 5.64. The average molecular weight is 129 g/mol. The molecule has 0 aliphatic heterocycles. The van der Waals surface area contributed by atoms with E-state index >= 15 is 0 Å². The van der Waals surface area contributed by atoms with Gasteiger partial charge in [-0.2, -0.15) is 0 Å². The van der Waals surface area contributed by atoms with Gasteiger partial charge in [-0.1, -0.05) is 6.92 Å². The molecule has 0 aromatic carbocycles. The van der Waals surface area contributed by atoms with E-state index in [0.29, 0.717) is 12.1 Å². The lowest BCUT2D eigenvalue weighted by atomic mass is 9.90. The van der Waals surface area contributed by atoms with Gasteiger partial charge in [0.15, 0.2) is 0 Å². The summed E-state index contributed by atoms with van der Waals surface area (Å²) in [6.45, 7) is 2.99. The van der Waals surface area contributed by atoms with Crippen LogP contribution < -0.4 is 5.73 Å². The van der Waals surface area contributed by atoms with Crippen molar-refractivity contribution in [2.45, 2.75) is 38.3 Å². The van der Waals surface area contributed by atoms with Crippen LogP contribution in [-0.4, -0.2) is 18.8 Å². The summed E-state index contributed by atoms with van der Waals surface area (Å²) in [4.78, 5) is 0. The predicted octanol–water partition coefficient (Wildman–Crippen LogP) is 0.903. The number of ether oxygens (including phenoxy) is 1. The molecule has 1 fully saturated rings. The van der Waals surface area contributed by atoms with Crippen LogP contribution in [0.4, 0.5) is 0 Å². The van der Waals surface area contributed by atoms with Crippen LogP contribution in [0.1, 0.15) is 26.2 Å². The minimum absolute atomic E-state index is 0.330. The van der Waals surface area contributed by atoms with Crippen LogP contribution >= 0.6 is 0 Å². The standard InChI is InChI=1S/C7H15NO/c1-2-5-9-7-4-3-6(7)8/h6-7H,2-5,8H2,1H3/t6-,7+/m1/s1. The predicted molar refractivity (Wildman–Crippen MR) is 37.2 cm³/mol. The van der Waals surface area contributed by atoms with Crippen molar-refractivity contribution >= 4 is 0 Å². The monoisotopic (exact) mass is 129 g/mol. The molecule has 2 nitrogen and oxygen atoms in total. The Bertz CT molecular complexity index is 85.0. The Morgan fingerprint density at radius 3 is 2.67 bits per heavy atom. The van der Waals surface area contributed by atoms with Gasteiger partial charge in [0.25, 0.3) is 0 Å². The van der Waals surface area contributed by atoms with E-state index in [-0.39, 0.29) is 0 Å². The largest absolute Gasteiger partial charge is 0.377 e. The second-order valence-electron chi connectivity index (χ2n) is 2.65. The van der Waals surface area contributed by atoms with Crippen LogP contribution in [0.25, 0.3) is 0 Å². The molecule has 0 saturated heterocycles. The number of nitrogens with two attached hydrogens (primary N) is 1. The molecule has 0 bridgehead atoms. The van der Waals surface area contributed by atoms with Gasteiger partial charge in [0.2, 0.25) is 0 Å². The molecular weight excluding hydrogens is 114 g/mol. The van der Waals surface area contributed by atoms with Gasteiger partial charge in [-0.25, -0.2) is 0 Å². The molecule has 1 aliphatic rings. The summed E-state index contributed by atoms with van der Waals surface area (Å²) in [6, 6.07) is 0.330. The van der Waals surface area contributed by atoms with E-state index in [1.165, 1.54) is 6.42 Å². The molecule has 2 heteroatoms. The van der Waals surface area contributed by atoms with E-state index in [9.17, 15) is 0 Å². The lowest BCUT2D eigenvalue weighted by molar-refractivity contribution is -0.0137. The third-order valence-electron chi connectivity index (χ3n) is 1.80. The Balaban J connectivity index is 1.99. The summed E-state index contributed by atoms with van der Waals surface area (Å²) in [5, 5.41) is 0. The number of rotatable bonds is 3. The van der Waals surface area contributed by atoms with Gasteiger partial charge in [0.1, 0.15) is 0 Å². The molecule has 0 spiro atoms. The first-order valence-corrected chi connectivity index (χ1v) is 3.71. The van der Waals surface area contributed by atoms with Crippen molar-refractivity contribution in [3.05, 3.63) is 0 Å². The summed E-state index contributed by atoms with van der Waals surface area (Å²) < 4.78 is 5.41. The molecule has 0 heterocycles. The van der Waals surface area contributed by atoms with Gasteiger partial charge in [-0.05, 0) is 19.3 Å². The molecule has 0 aromatic heterocycles. The quantitative estimate of drug-likeness (QED) is 0.614. The fourth-order valence-corrected chi connectivity index (χ4v) is 0.971. The molecular formula is C7H15NO. The van der Waals surface area contributed by atoms with Gasteiger partial charge >= 0.3 is 0 Å². The molecule has 9 heavy (non-hydrogen) atoms. The molecule has 2 atom stereocenters. The van der Waals surface area contributed by atoms with Crippen molar-refractivity contribution in [2.24, 2.45) is 5.73 Å². The summed E-state index contributed by atoms with van der Waals surface area (Å²) in [5.41, 5.74) is 5.64. The van der Waals surface area contributed by atoms with E-state index < -0.39 is 0 Å². The second kappa shape index (κ2) is 3.18. The minimum atomic E-state index is 0.330. The third kappa shape index (κ3) is 1.66. The van der Waals surface area contributed by atoms with Crippen LogP contribution in [0.2, 0.25) is 0 Å². The Kier molecular flexibility index (Phi) is 2.49. The molecule has 0 amide bonds. The average Bonchev–Trinajstić information content (AvgIpc) is 1.86. The molecule has 0 aromatic rings. The van der Waals surface area contributed by atoms with Crippen molar-refractivity contribution in [3.8, 4) is 0 Å². The topological polar surface area (TPSA) is 35.2 Å². The van der Waals surface area contributed by atoms with Gasteiger partial charge in [0.05, 0.1) is 6.10 Å².